The largest absolute Gasteiger partial charge is 0.0625 e. The van der Waals surface area contributed by atoms with Crippen LogP contribution in [0, 0.1) is 17.8 Å². The van der Waals surface area contributed by atoms with E-state index in [0.29, 0.717) is 0 Å². The van der Waals surface area contributed by atoms with Crippen molar-refractivity contribution in [1.82, 2.24) is 0 Å². The molecule has 2 aliphatic carbocycles. The molecule has 0 aliphatic heterocycles. The van der Waals surface area contributed by atoms with Gasteiger partial charge in [-0.1, -0.05) is 45.4 Å². The molecule has 0 aromatic heterocycles. The van der Waals surface area contributed by atoms with Crippen molar-refractivity contribution in [1.29, 1.82) is 0 Å². The Hall–Kier alpha value is 0. The Morgan fingerprint density at radius 3 is 2.50 bits per heavy atom. The minimum Gasteiger partial charge on any atom is -0.0625 e. The zero-order chi connectivity index (χ0) is 9.80. The van der Waals surface area contributed by atoms with Gasteiger partial charge in [0.15, 0.2) is 0 Å². The van der Waals surface area contributed by atoms with Crippen LogP contribution in [0.5, 0.6) is 0 Å². The SMILES string of the molecule is CC1CCCC(C[C]2CCCCC2)C1. The third kappa shape index (κ3) is 3.00. The second kappa shape index (κ2) is 5.19. The van der Waals surface area contributed by atoms with Gasteiger partial charge < -0.3 is 0 Å². The van der Waals surface area contributed by atoms with E-state index in [1.54, 1.807) is 0 Å². The topological polar surface area (TPSA) is 0 Å². The van der Waals surface area contributed by atoms with Crippen molar-refractivity contribution in [2.45, 2.75) is 71.1 Å². The molecule has 0 saturated heterocycles. The summed E-state index contributed by atoms with van der Waals surface area (Å²) in [5, 5.41) is 0. The van der Waals surface area contributed by atoms with Gasteiger partial charge in [-0.2, -0.15) is 0 Å². The zero-order valence-corrected chi connectivity index (χ0v) is 9.73. The molecule has 0 aromatic rings. The van der Waals surface area contributed by atoms with Crippen LogP contribution in [0.2, 0.25) is 0 Å². The maximum atomic E-state index is 2.44. The van der Waals surface area contributed by atoms with Crippen molar-refractivity contribution in [3.8, 4) is 0 Å². The lowest BCUT2D eigenvalue weighted by Crippen LogP contribution is -2.17. The van der Waals surface area contributed by atoms with Crippen LogP contribution in [0.4, 0.5) is 0 Å². The van der Waals surface area contributed by atoms with Crippen molar-refractivity contribution in [3.63, 3.8) is 0 Å². The van der Waals surface area contributed by atoms with Crippen molar-refractivity contribution in [3.05, 3.63) is 5.92 Å². The van der Waals surface area contributed by atoms with E-state index in [0.717, 1.165) is 11.8 Å². The molecule has 0 heterocycles. The Kier molecular flexibility index (Phi) is 3.89. The Balaban J connectivity index is 1.72. The lowest BCUT2D eigenvalue weighted by molar-refractivity contribution is 0.264. The highest BCUT2D eigenvalue weighted by atomic mass is 14.3. The summed E-state index contributed by atoms with van der Waals surface area (Å²) in [7, 11) is 0. The molecule has 2 atom stereocenters. The molecule has 0 spiro atoms. The van der Waals surface area contributed by atoms with Crippen LogP contribution in [0.25, 0.3) is 0 Å². The van der Waals surface area contributed by atoms with Gasteiger partial charge in [0.05, 0.1) is 0 Å². The van der Waals surface area contributed by atoms with E-state index in [1.807, 2.05) is 5.92 Å². The Labute approximate surface area is 89.5 Å². The van der Waals surface area contributed by atoms with Gasteiger partial charge in [-0.15, -0.1) is 0 Å². The van der Waals surface area contributed by atoms with E-state index in [1.165, 1.54) is 64.2 Å². The van der Waals surface area contributed by atoms with Gasteiger partial charge in [0.2, 0.25) is 0 Å². The quantitative estimate of drug-likeness (QED) is 0.594. The monoisotopic (exact) mass is 193 g/mol. The molecule has 0 N–H and O–H groups in total. The molecule has 2 rings (SSSR count). The minimum absolute atomic E-state index is 1.01. The Bertz CT molecular complexity index is 155. The molecular weight excluding hydrogens is 168 g/mol. The smallest absolute Gasteiger partial charge is 0.0238 e. The van der Waals surface area contributed by atoms with Crippen LogP contribution < -0.4 is 0 Å². The van der Waals surface area contributed by atoms with Gasteiger partial charge in [-0.05, 0) is 43.4 Å². The molecule has 0 aromatic carbocycles. The molecule has 2 unspecified atom stereocenters. The summed E-state index contributed by atoms with van der Waals surface area (Å²) >= 11 is 0. The number of hydrogen-bond acceptors (Lipinski definition) is 0. The summed E-state index contributed by atoms with van der Waals surface area (Å²) in [6, 6.07) is 0. The van der Waals surface area contributed by atoms with Crippen LogP contribution in [-0.4, -0.2) is 0 Å². The van der Waals surface area contributed by atoms with Crippen molar-refractivity contribution < 1.29 is 0 Å². The van der Waals surface area contributed by atoms with Crippen LogP contribution in [0.1, 0.15) is 71.1 Å². The second-order valence-electron chi connectivity index (χ2n) is 5.65. The molecule has 0 nitrogen and oxygen atoms in total. The van der Waals surface area contributed by atoms with Crippen LogP contribution in [0.15, 0.2) is 0 Å². The van der Waals surface area contributed by atoms with Crippen molar-refractivity contribution >= 4 is 0 Å². The number of rotatable bonds is 2. The standard InChI is InChI=1S/C14H25/c1-12-6-5-9-14(10-12)11-13-7-3-2-4-8-13/h12,14H,2-11H2,1H3. The fourth-order valence-corrected chi connectivity index (χ4v) is 3.41. The summed E-state index contributed by atoms with van der Waals surface area (Å²) in [5.41, 5.74) is 0. The third-order valence-corrected chi connectivity index (χ3v) is 4.18. The molecule has 1 radical (unpaired) electrons. The molecule has 2 aliphatic rings. The maximum Gasteiger partial charge on any atom is -0.0238 e. The highest BCUT2D eigenvalue weighted by Gasteiger charge is 2.23. The first-order valence-corrected chi connectivity index (χ1v) is 6.68. The van der Waals surface area contributed by atoms with Gasteiger partial charge in [-0.3, -0.25) is 0 Å². The van der Waals surface area contributed by atoms with E-state index in [4.69, 9.17) is 0 Å². The summed E-state index contributed by atoms with van der Waals surface area (Å²) in [5.74, 6) is 3.99. The fourth-order valence-electron chi connectivity index (χ4n) is 3.41. The number of hydrogen-bond donors (Lipinski definition) is 0. The lowest BCUT2D eigenvalue weighted by Gasteiger charge is -2.31. The van der Waals surface area contributed by atoms with Crippen molar-refractivity contribution in [2.24, 2.45) is 11.8 Å². The second-order valence-corrected chi connectivity index (χ2v) is 5.65. The first kappa shape index (κ1) is 10.5. The van der Waals surface area contributed by atoms with Crippen LogP contribution in [-0.2, 0) is 0 Å². The van der Waals surface area contributed by atoms with E-state index in [2.05, 4.69) is 6.92 Å². The van der Waals surface area contributed by atoms with Gasteiger partial charge in [0.1, 0.15) is 0 Å². The van der Waals surface area contributed by atoms with E-state index >= 15 is 0 Å². The van der Waals surface area contributed by atoms with Gasteiger partial charge >= 0.3 is 0 Å². The predicted octanol–water partition coefficient (Wildman–Crippen LogP) is 4.74. The normalized spacial score (nSPS) is 35.8. The Morgan fingerprint density at radius 1 is 1.00 bits per heavy atom. The average molecular weight is 193 g/mol. The average Bonchev–Trinajstić information content (AvgIpc) is 2.19. The van der Waals surface area contributed by atoms with Crippen molar-refractivity contribution in [2.75, 3.05) is 0 Å². The summed E-state index contributed by atoms with van der Waals surface area (Å²) in [6.07, 6.45) is 14.9. The lowest BCUT2D eigenvalue weighted by atomic mass is 9.75. The summed E-state index contributed by atoms with van der Waals surface area (Å²) in [6.45, 7) is 2.44. The highest BCUT2D eigenvalue weighted by Crippen LogP contribution is 2.37. The highest BCUT2D eigenvalue weighted by molar-refractivity contribution is 4.94. The van der Waals surface area contributed by atoms with Crippen LogP contribution in [0.3, 0.4) is 0 Å². The molecule has 0 bridgehead atoms. The van der Waals surface area contributed by atoms with Crippen LogP contribution >= 0.6 is 0 Å². The molecular formula is C14H25. The molecule has 2 fully saturated rings. The maximum absolute atomic E-state index is 2.44. The van der Waals surface area contributed by atoms with E-state index in [-0.39, 0.29) is 0 Å². The minimum atomic E-state index is 1.01. The van der Waals surface area contributed by atoms with E-state index < -0.39 is 0 Å². The van der Waals surface area contributed by atoms with Gasteiger partial charge in [0, 0.05) is 0 Å². The molecule has 2 saturated carbocycles. The zero-order valence-electron chi connectivity index (χ0n) is 9.73. The molecule has 0 amide bonds. The summed E-state index contributed by atoms with van der Waals surface area (Å²) < 4.78 is 0. The Morgan fingerprint density at radius 2 is 1.79 bits per heavy atom. The van der Waals surface area contributed by atoms with Gasteiger partial charge in [0.25, 0.3) is 0 Å². The third-order valence-electron chi connectivity index (χ3n) is 4.18. The molecule has 14 heavy (non-hydrogen) atoms. The van der Waals surface area contributed by atoms with Gasteiger partial charge in [-0.25, -0.2) is 0 Å². The first-order chi connectivity index (χ1) is 6.84. The summed E-state index contributed by atoms with van der Waals surface area (Å²) in [4.78, 5) is 0. The first-order valence-electron chi connectivity index (χ1n) is 6.68. The molecule has 0 heteroatoms. The fraction of sp³-hybridized carbons (Fsp3) is 0.929. The molecule has 81 valence electrons. The predicted molar refractivity (Wildman–Crippen MR) is 62.1 cm³/mol. The van der Waals surface area contributed by atoms with E-state index in [9.17, 15) is 0 Å².